The summed E-state index contributed by atoms with van der Waals surface area (Å²) >= 11 is 0. The maximum absolute atomic E-state index is 12.8. The van der Waals surface area contributed by atoms with E-state index in [-0.39, 0.29) is 18.3 Å². The summed E-state index contributed by atoms with van der Waals surface area (Å²) in [7, 11) is 1.84. The van der Waals surface area contributed by atoms with Crippen molar-refractivity contribution in [2.45, 2.75) is 13.3 Å². The predicted octanol–water partition coefficient (Wildman–Crippen LogP) is 3.56. The molecule has 0 fully saturated rings. The molecule has 0 radical (unpaired) electrons. The Morgan fingerprint density at radius 2 is 1.58 bits per heavy atom. The van der Waals surface area contributed by atoms with Crippen LogP contribution < -0.4 is 14.8 Å². The van der Waals surface area contributed by atoms with Crippen LogP contribution in [0.2, 0.25) is 0 Å². The number of anilines is 1. The van der Waals surface area contributed by atoms with Crippen molar-refractivity contribution in [3.05, 3.63) is 54.3 Å². The highest BCUT2D eigenvalue weighted by atomic mass is 19.1. The number of likely N-dealkylation sites (N-methyl/N-ethyl adjacent to an activating group) is 1. The molecule has 140 valence electrons. The Morgan fingerprint density at radius 3 is 2.15 bits per heavy atom. The molecule has 1 amide bonds. The number of nitrogens with zero attached hydrogens (tertiary/aromatic N) is 1. The van der Waals surface area contributed by atoms with Gasteiger partial charge < -0.3 is 14.8 Å². The second kappa shape index (κ2) is 10.4. The Morgan fingerprint density at radius 1 is 1.00 bits per heavy atom. The molecule has 0 aromatic heterocycles. The Balaban J connectivity index is 1.67. The van der Waals surface area contributed by atoms with Gasteiger partial charge in [-0.05, 0) is 62.0 Å². The van der Waals surface area contributed by atoms with Gasteiger partial charge in [-0.3, -0.25) is 9.69 Å². The quantitative estimate of drug-likeness (QED) is 0.704. The molecule has 0 aliphatic carbocycles. The van der Waals surface area contributed by atoms with Crippen LogP contribution in [0.25, 0.3) is 0 Å². The molecule has 0 spiro atoms. The van der Waals surface area contributed by atoms with Crippen molar-refractivity contribution in [2.75, 3.05) is 38.7 Å². The third kappa shape index (κ3) is 7.11. The van der Waals surface area contributed by atoms with Gasteiger partial charge in [-0.1, -0.05) is 6.92 Å². The summed E-state index contributed by atoms with van der Waals surface area (Å²) in [6.07, 6.45) is 0.972. The van der Waals surface area contributed by atoms with Crippen LogP contribution in [0.15, 0.2) is 48.5 Å². The molecule has 2 aromatic rings. The van der Waals surface area contributed by atoms with Gasteiger partial charge in [-0.2, -0.15) is 0 Å². The number of halogens is 1. The molecule has 1 N–H and O–H groups in total. The Hall–Kier alpha value is -2.60. The van der Waals surface area contributed by atoms with Gasteiger partial charge in [-0.15, -0.1) is 0 Å². The van der Waals surface area contributed by atoms with E-state index in [9.17, 15) is 9.18 Å². The second-order valence-corrected chi connectivity index (χ2v) is 5.96. The molecule has 2 rings (SSSR count). The van der Waals surface area contributed by atoms with Crippen molar-refractivity contribution in [1.82, 2.24) is 4.90 Å². The topological polar surface area (TPSA) is 50.8 Å². The van der Waals surface area contributed by atoms with Crippen LogP contribution in [0.3, 0.4) is 0 Å². The fourth-order valence-corrected chi connectivity index (χ4v) is 2.23. The molecule has 0 aliphatic rings. The largest absolute Gasteiger partial charge is 0.494 e. The van der Waals surface area contributed by atoms with E-state index in [2.05, 4.69) is 12.2 Å². The first-order chi connectivity index (χ1) is 12.6. The summed E-state index contributed by atoms with van der Waals surface area (Å²) in [5.41, 5.74) is 0.575. The van der Waals surface area contributed by atoms with Crippen molar-refractivity contribution in [1.29, 1.82) is 0 Å². The first-order valence-corrected chi connectivity index (χ1v) is 8.66. The highest BCUT2D eigenvalue weighted by molar-refractivity contribution is 5.92. The predicted molar refractivity (Wildman–Crippen MR) is 100 cm³/mol. The zero-order chi connectivity index (χ0) is 18.8. The Labute approximate surface area is 153 Å². The van der Waals surface area contributed by atoms with E-state index in [1.54, 1.807) is 0 Å². The molecule has 0 heterocycles. The highest BCUT2D eigenvalue weighted by Crippen LogP contribution is 2.17. The van der Waals surface area contributed by atoms with Crippen LogP contribution in [0.1, 0.15) is 13.3 Å². The summed E-state index contributed by atoms with van der Waals surface area (Å²) in [6, 6.07) is 13.2. The maximum atomic E-state index is 12.8. The lowest BCUT2D eigenvalue weighted by Gasteiger charge is -2.17. The number of carbonyl (C=O) groups is 1. The van der Waals surface area contributed by atoms with Crippen LogP contribution in [0.5, 0.6) is 11.5 Å². The van der Waals surface area contributed by atoms with Gasteiger partial charge in [0.25, 0.3) is 0 Å². The third-order valence-electron chi connectivity index (χ3n) is 3.58. The second-order valence-electron chi connectivity index (χ2n) is 5.96. The summed E-state index contributed by atoms with van der Waals surface area (Å²) in [5, 5.41) is 2.73. The van der Waals surface area contributed by atoms with E-state index in [1.807, 2.05) is 36.2 Å². The number of amides is 1. The first kappa shape index (κ1) is 19.7. The van der Waals surface area contributed by atoms with Crippen LogP contribution >= 0.6 is 0 Å². The standard InChI is InChI=1S/C20H25FN2O3/c1-3-13-25-18-8-10-19(11-9-18)26-14-12-23(2)15-20(24)22-17-6-4-16(21)5-7-17/h4-11H,3,12-15H2,1-2H3,(H,22,24). The Bertz CT molecular complexity index is 674. The molecule has 0 saturated carbocycles. The SMILES string of the molecule is CCCOc1ccc(OCCN(C)CC(=O)Nc2ccc(F)cc2)cc1. The molecular weight excluding hydrogens is 335 g/mol. The molecule has 2 aromatic carbocycles. The zero-order valence-corrected chi connectivity index (χ0v) is 15.2. The average Bonchev–Trinajstić information content (AvgIpc) is 2.63. The molecule has 26 heavy (non-hydrogen) atoms. The van der Waals surface area contributed by atoms with E-state index in [0.29, 0.717) is 25.4 Å². The van der Waals surface area contributed by atoms with Gasteiger partial charge in [0.15, 0.2) is 0 Å². The smallest absolute Gasteiger partial charge is 0.238 e. The molecular formula is C20H25FN2O3. The minimum atomic E-state index is -0.331. The van der Waals surface area contributed by atoms with E-state index < -0.39 is 0 Å². The summed E-state index contributed by atoms with van der Waals surface area (Å²) in [6.45, 7) is 4.06. The maximum Gasteiger partial charge on any atom is 0.238 e. The van der Waals surface area contributed by atoms with Gasteiger partial charge >= 0.3 is 0 Å². The lowest BCUT2D eigenvalue weighted by atomic mass is 10.3. The fraction of sp³-hybridized carbons (Fsp3) is 0.350. The van der Waals surface area contributed by atoms with Crippen LogP contribution in [0.4, 0.5) is 10.1 Å². The zero-order valence-electron chi connectivity index (χ0n) is 15.2. The van der Waals surface area contributed by atoms with Gasteiger partial charge in [0.05, 0.1) is 13.2 Å². The van der Waals surface area contributed by atoms with E-state index in [1.165, 1.54) is 24.3 Å². The lowest BCUT2D eigenvalue weighted by Crippen LogP contribution is -2.33. The molecule has 5 nitrogen and oxygen atoms in total. The van der Waals surface area contributed by atoms with Gasteiger partial charge in [0, 0.05) is 12.2 Å². The van der Waals surface area contributed by atoms with Gasteiger partial charge in [0.2, 0.25) is 5.91 Å². The normalized spacial score (nSPS) is 10.6. The summed E-state index contributed by atoms with van der Waals surface area (Å²) in [5.74, 6) is 1.10. The number of nitrogens with one attached hydrogen (secondary N) is 1. The molecule has 0 atom stereocenters. The van der Waals surface area contributed by atoms with Crippen LogP contribution in [0, 0.1) is 5.82 Å². The monoisotopic (exact) mass is 360 g/mol. The van der Waals surface area contributed by atoms with E-state index >= 15 is 0 Å². The van der Waals surface area contributed by atoms with Crippen molar-refractivity contribution < 1.29 is 18.7 Å². The van der Waals surface area contributed by atoms with E-state index in [4.69, 9.17) is 9.47 Å². The number of benzene rings is 2. The number of rotatable bonds is 10. The molecule has 0 saturated heterocycles. The lowest BCUT2D eigenvalue weighted by molar-refractivity contribution is -0.117. The minimum Gasteiger partial charge on any atom is -0.494 e. The van der Waals surface area contributed by atoms with Gasteiger partial charge in [-0.25, -0.2) is 4.39 Å². The molecule has 0 aliphatic heterocycles. The van der Waals surface area contributed by atoms with Crippen LogP contribution in [-0.4, -0.2) is 44.2 Å². The summed E-state index contributed by atoms with van der Waals surface area (Å²) < 4.78 is 24.1. The third-order valence-corrected chi connectivity index (χ3v) is 3.58. The summed E-state index contributed by atoms with van der Waals surface area (Å²) in [4.78, 5) is 13.8. The Kier molecular flexibility index (Phi) is 7.89. The molecule has 6 heteroatoms. The van der Waals surface area contributed by atoms with Crippen molar-refractivity contribution in [3.63, 3.8) is 0 Å². The number of hydrogen-bond donors (Lipinski definition) is 1. The molecule has 0 bridgehead atoms. The van der Waals surface area contributed by atoms with Crippen molar-refractivity contribution in [3.8, 4) is 11.5 Å². The highest BCUT2D eigenvalue weighted by Gasteiger charge is 2.07. The number of ether oxygens (including phenoxy) is 2. The van der Waals surface area contributed by atoms with Crippen LogP contribution in [-0.2, 0) is 4.79 Å². The number of carbonyl (C=O) groups excluding carboxylic acids is 1. The number of hydrogen-bond acceptors (Lipinski definition) is 4. The molecule has 0 unspecified atom stereocenters. The fourth-order valence-electron chi connectivity index (χ4n) is 2.23. The first-order valence-electron chi connectivity index (χ1n) is 8.66. The van der Waals surface area contributed by atoms with Gasteiger partial charge in [0.1, 0.15) is 23.9 Å². The van der Waals surface area contributed by atoms with Crippen molar-refractivity contribution in [2.24, 2.45) is 0 Å². The average molecular weight is 360 g/mol. The van der Waals surface area contributed by atoms with E-state index in [0.717, 1.165) is 17.9 Å². The van der Waals surface area contributed by atoms with Crippen molar-refractivity contribution >= 4 is 11.6 Å². The minimum absolute atomic E-state index is 0.156.